The standard InChI is InChI=1S/C25H30Cl2N2O2S/c1-2-23(25(31)28-21-8-4-5-9-21)29(15-18-11-13-20(26)14-12-18)24(30)17-32-16-19-7-3-6-10-22(19)27/h3,6-7,10-14,21,23H,2,4-5,8-9,15-17H2,1H3,(H,28,31). The Kier molecular flexibility index (Phi) is 9.76. The third-order valence-electron chi connectivity index (χ3n) is 5.79. The van der Waals surface area contributed by atoms with Gasteiger partial charge in [0.15, 0.2) is 0 Å². The molecule has 2 aromatic rings. The first-order valence-corrected chi connectivity index (χ1v) is 13.0. The number of rotatable bonds is 10. The van der Waals surface area contributed by atoms with Crippen LogP contribution >= 0.6 is 35.0 Å². The fourth-order valence-electron chi connectivity index (χ4n) is 4.02. The Morgan fingerprint density at radius 1 is 1.09 bits per heavy atom. The van der Waals surface area contributed by atoms with E-state index in [0.717, 1.165) is 36.8 Å². The molecular formula is C25H30Cl2N2O2S. The number of carbonyl (C=O) groups excluding carboxylic acids is 2. The minimum absolute atomic E-state index is 0.0505. The van der Waals surface area contributed by atoms with Gasteiger partial charge in [-0.3, -0.25) is 9.59 Å². The molecule has 3 rings (SSSR count). The van der Waals surface area contributed by atoms with Crippen molar-refractivity contribution in [3.63, 3.8) is 0 Å². The zero-order chi connectivity index (χ0) is 22.9. The normalized spacial score (nSPS) is 14.8. The zero-order valence-electron chi connectivity index (χ0n) is 18.4. The first-order valence-electron chi connectivity index (χ1n) is 11.1. The van der Waals surface area contributed by atoms with Gasteiger partial charge in [0, 0.05) is 28.4 Å². The van der Waals surface area contributed by atoms with E-state index in [9.17, 15) is 9.59 Å². The molecule has 0 saturated heterocycles. The first-order chi connectivity index (χ1) is 15.5. The first kappa shape index (κ1) is 24.9. The molecule has 0 bridgehead atoms. The van der Waals surface area contributed by atoms with Crippen LogP contribution in [-0.4, -0.2) is 34.6 Å². The van der Waals surface area contributed by atoms with Crippen molar-refractivity contribution in [3.8, 4) is 0 Å². The molecule has 1 atom stereocenters. The number of halogens is 2. The van der Waals surface area contributed by atoms with Crippen molar-refractivity contribution in [3.05, 3.63) is 69.7 Å². The molecule has 7 heteroatoms. The molecule has 0 spiro atoms. The highest BCUT2D eigenvalue weighted by molar-refractivity contribution is 7.99. The molecule has 1 fully saturated rings. The summed E-state index contributed by atoms with van der Waals surface area (Å²) in [7, 11) is 0. The highest BCUT2D eigenvalue weighted by Crippen LogP contribution is 2.23. The second kappa shape index (κ2) is 12.5. The number of thioether (sulfide) groups is 1. The van der Waals surface area contributed by atoms with Gasteiger partial charge in [0.1, 0.15) is 6.04 Å². The molecule has 0 heterocycles. The summed E-state index contributed by atoms with van der Waals surface area (Å²) in [5, 5.41) is 4.52. The molecular weight excluding hydrogens is 463 g/mol. The molecule has 0 aromatic heterocycles. The third-order valence-corrected chi connectivity index (χ3v) is 7.38. The van der Waals surface area contributed by atoms with Crippen LogP contribution in [0, 0.1) is 0 Å². The average molecular weight is 494 g/mol. The van der Waals surface area contributed by atoms with E-state index >= 15 is 0 Å². The number of nitrogens with one attached hydrogen (secondary N) is 1. The summed E-state index contributed by atoms with van der Waals surface area (Å²) in [5.41, 5.74) is 1.95. The van der Waals surface area contributed by atoms with Crippen LogP contribution in [0.4, 0.5) is 0 Å². The molecule has 1 aliphatic rings. The van der Waals surface area contributed by atoms with E-state index in [2.05, 4.69) is 5.32 Å². The smallest absolute Gasteiger partial charge is 0.243 e. The number of hydrogen-bond acceptors (Lipinski definition) is 3. The number of amides is 2. The Labute approximate surface area is 205 Å². The highest BCUT2D eigenvalue weighted by atomic mass is 35.5. The fraction of sp³-hybridized carbons (Fsp3) is 0.440. The molecule has 1 saturated carbocycles. The summed E-state index contributed by atoms with van der Waals surface area (Å²) in [6.45, 7) is 2.33. The Bertz CT molecular complexity index is 901. The zero-order valence-corrected chi connectivity index (χ0v) is 20.7. The Morgan fingerprint density at radius 3 is 2.44 bits per heavy atom. The van der Waals surface area contributed by atoms with Gasteiger partial charge in [-0.2, -0.15) is 0 Å². The molecule has 2 amide bonds. The minimum Gasteiger partial charge on any atom is -0.352 e. The lowest BCUT2D eigenvalue weighted by atomic mass is 10.1. The second-order valence-corrected chi connectivity index (χ2v) is 9.98. The van der Waals surface area contributed by atoms with E-state index in [1.54, 1.807) is 4.90 Å². The SMILES string of the molecule is CCC(C(=O)NC1CCCC1)N(Cc1ccc(Cl)cc1)C(=O)CSCc1ccccc1Cl. The number of carbonyl (C=O) groups is 2. The van der Waals surface area contributed by atoms with Crippen LogP contribution in [0.3, 0.4) is 0 Å². The summed E-state index contributed by atoms with van der Waals surface area (Å²) in [5.74, 6) is 0.820. The quantitative estimate of drug-likeness (QED) is 0.436. The van der Waals surface area contributed by atoms with Gasteiger partial charge < -0.3 is 10.2 Å². The van der Waals surface area contributed by atoms with Gasteiger partial charge >= 0.3 is 0 Å². The molecule has 32 heavy (non-hydrogen) atoms. The average Bonchev–Trinajstić information content (AvgIpc) is 3.29. The van der Waals surface area contributed by atoms with Crippen LogP contribution in [0.5, 0.6) is 0 Å². The number of benzene rings is 2. The van der Waals surface area contributed by atoms with Crippen LogP contribution in [0.25, 0.3) is 0 Å². The largest absolute Gasteiger partial charge is 0.352 e. The van der Waals surface area contributed by atoms with Crippen molar-refractivity contribution in [2.45, 2.75) is 63.4 Å². The lowest BCUT2D eigenvalue weighted by Crippen LogP contribution is -2.51. The van der Waals surface area contributed by atoms with E-state index in [0.29, 0.717) is 28.8 Å². The van der Waals surface area contributed by atoms with Gasteiger partial charge in [-0.15, -0.1) is 11.8 Å². The van der Waals surface area contributed by atoms with Gasteiger partial charge in [0.25, 0.3) is 0 Å². The number of hydrogen-bond donors (Lipinski definition) is 1. The Hall–Kier alpha value is -1.69. The van der Waals surface area contributed by atoms with Crippen LogP contribution in [0.2, 0.25) is 10.0 Å². The molecule has 0 aliphatic heterocycles. The topological polar surface area (TPSA) is 49.4 Å². The second-order valence-electron chi connectivity index (χ2n) is 8.15. The lowest BCUT2D eigenvalue weighted by Gasteiger charge is -2.31. The molecule has 1 unspecified atom stereocenters. The van der Waals surface area contributed by atoms with E-state index in [4.69, 9.17) is 23.2 Å². The monoisotopic (exact) mass is 492 g/mol. The molecule has 0 radical (unpaired) electrons. The third kappa shape index (κ3) is 7.16. The van der Waals surface area contributed by atoms with E-state index in [1.807, 2.05) is 55.5 Å². The van der Waals surface area contributed by atoms with Crippen molar-refractivity contribution < 1.29 is 9.59 Å². The summed E-state index contributed by atoms with van der Waals surface area (Å²) in [6.07, 6.45) is 4.89. The van der Waals surface area contributed by atoms with E-state index in [-0.39, 0.29) is 23.6 Å². The Balaban J connectivity index is 1.70. The molecule has 172 valence electrons. The maximum absolute atomic E-state index is 13.3. The van der Waals surface area contributed by atoms with Crippen molar-refractivity contribution in [1.29, 1.82) is 0 Å². The lowest BCUT2D eigenvalue weighted by molar-refractivity contribution is -0.139. The van der Waals surface area contributed by atoms with Crippen molar-refractivity contribution in [1.82, 2.24) is 10.2 Å². The van der Waals surface area contributed by atoms with Crippen molar-refractivity contribution >= 4 is 46.8 Å². The van der Waals surface area contributed by atoms with Crippen LogP contribution in [0.15, 0.2) is 48.5 Å². The van der Waals surface area contributed by atoms with E-state index < -0.39 is 6.04 Å². The minimum atomic E-state index is -0.500. The maximum Gasteiger partial charge on any atom is 0.243 e. The van der Waals surface area contributed by atoms with Gasteiger partial charge in [-0.1, -0.05) is 73.3 Å². The fourth-order valence-corrected chi connectivity index (χ4v) is 5.34. The van der Waals surface area contributed by atoms with Gasteiger partial charge in [0.05, 0.1) is 5.75 Å². The van der Waals surface area contributed by atoms with Crippen molar-refractivity contribution in [2.24, 2.45) is 0 Å². The van der Waals surface area contributed by atoms with Crippen molar-refractivity contribution in [2.75, 3.05) is 5.75 Å². The molecule has 1 N–H and O–H groups in total. The van der Waals surface area contributed by atoms with Crippen LogP contribution in [0.1, 0.15) is 50.2 Å². The van der Waals surface area contributed by atoms with Gasteiger partial charge in [-0.05, 0) is 48.6 Å². The van der Waals surface area contributed by atoms with Gasteiger partial charge in [0.2, 0.25) is 11.8 Å². The molecule has 4 nitrogen and oxygen atoms in total. The van der Waals surface area contributed by atoms with Crippen LogP contribution < -0.4 is 5.32 Å². The summed E-state index contributed by atoms with van der Waals surface area (Å²) < 4.78 is 0. The predicted molar refractivity (Wildman–Crippen MR) is 134 cm³/mol. The summed E-state index contributed by atoms with van der Waals surface area (Å²) in [6, 6.07) is 14.8. The maximum atomic E-state index is 13.3. The molecule has 2 aromatic carbocycles. The van der Waals surface area contributed by atoms with E-state index in [1.165, 1.54) is 11.8 Å². The highest BCUT2D eigenvalue weighted by Gasteiger charge is 2.30. The number of nitrogens with zero attached hydrogens (tertiary/aromatic N) is 1. The summed E-state index contributed by atoms with van der Waals surface area (Å²) in [4.78, 5) is 28.1. The summed E-state index contributed by atoms with van der Waals surface area (Å²) >= 11 is 13.8. The Morgan fingerprint density at radius 2 is 1.78 bits per heavy atom. The molecule has 1 aliphatic carbocycles. The van der Waals surface area contributed by atoms with Gasteiger partial charge in [-0.25, -0.2) is 0 Å². The van der Waals surface area contributed by atoms with Crippen LogP contribution in [-0.2, 0) is 21.9 Å². The predicted octanol–water partition coefficient (Wildman–Crippen LogP) is 6.09.